The fourth-order valence-corrected chi connectivity index (χ4v) is 6.77. The van der Waals surface area contributed by atoms with Gasteiger partial charge in [0.2, 0.25) is 0 Å². The zero-order chi connectivity index (χ0) is 30.8. The minimum Gasteiger partial charge on any atom is -0.310 e. The van der Waals surface area contributed by atoms with E-state index < -0.39 is 0 Å². The van der Waals surface area contributed by atoms with E-state index >= 15 is 0 Å². The second-order valence-electron chi connectivity index (χ2n) is 11.0. The van der Waals surface area contributed by atoms with Gasteiger partial charge in [0.05, 0.1) is 11.0 Å². The number of nitrogens with zero attached hydrogens (tertiary/aromatic N) is 2. The first-order chi connectivity index (χ1) is 22.2. The summed E-state index contributed by atoms with van der Waals surface area (Å²) in [6.45, 7) is 4.15. The highest BCUT2D eigenvalue weighted by atomic mass is 79.9. The summed E-state index contributed by atoms with van der Waals surface area (Å²) in [4.78, 5) is 2.36. The molecule has 1 heterocycles. The van der Waals surface area contributed by atoms with Crippen LogP contribution in [0.25, 0.3) is 44.2 Å². The van der Waals surface area contributed by atoms with E-state index in [0.717, 1.165) is 32.8 Å². The van der Waals surface area contributed by atoms with Crippen LogP contribution < -0.4 is 4.90 Å². The molecule has 3 heteroatoms. The molecule has 2 nitrogen and oxygen atoms in total. The molecule has 0 saturated heterocycles. The maximum atomic E-state index is 3.77. The van der Waals surface area contributed by atoms with Gasteiger partial charge in [-0.3, -0.25) is 0 Å². The van der Waals surface area contributed by atoms with E-state index in [9.17, 15) is 0 Å². The van der Waals surface area contributed by atoms with Crippen LogP contribution in [-0.2, 0) is 0 Å². The predicted molar refractivity (Wildman–Crippen MR) is 197 cm³/mol. The molecule has 0 amide bonds. The molecule has 0 radical (unpaired) electrons. The van der Waals surface area contributed by atoms with Gasteiger partial charge in [0.15, 0.2) is 0 Å². The molecule has 0 spiro atoms. The summed E-state index contributed by atoms with van der Waals surface area (Å²) in [5.41, 5.74) is 11.6. The summed E-state index contributed by atoms with van der Waals surface area (Å²) in [6, 6.07) is 52.2. The van der Waals surface area contributed by atoms with Gasteiger partial charge in [-0.15, -0.1) is 0 Å². The van der Waals surface area contributed by atoms with E-state index in [2.05, 4.69) is 203 Å². The van der Waals surface area contributed by atoms with Crippen LogP contribution in [0.2, 0.25) is 0 Å². The molecule has 7 aromatic rings. The van der Waals surface area contributed by atoms with Crippen molar-refractivity contribution in [2.45, 2.75) is 13.8 Å². The first kappa shape index (κ1) is 28.6. The summed E-state index contributed by atoms with van der Waals surface area (Å²) >= 11 is 3.77. The maximum absolute atomic E-state index is 3.77. The van der Waals surface area contributed by atoms with Crippen molar-refractivity contribution >= 4 is 60.4 Å². The molecule has 0 aliphatic heterocycles. The van der Waals surface area contributed by atoms with Gasteiger partial charge in [0.1, 0.15) is 0 Å². The third-order valence-corrected chi connectivity index (χ3v) is 9.03. The average molecular weight is 646 g/mol. The predicted octanol–water partition coefficient (Wildman–Crippen LogP) is 12.7. The molecule has 218 valence electrons. The van der Waals surface area contributed by atoms with Gasteiger partial charge in [0, 0.05) is 38.0 Å². The summed E-state index contributed by atoms with van der Waals surface area (Å²) in [5.74, 6) is 0. The molecule has 0 aliphatic carbocycles. The number of anilines is 3. The number of benzene rings is 6. The Labute approximate surface area is 273 Å². The molecule has 1 aromatic heterocycles. The standard InChI is InChI=1S/C42H33BrN2/c1-3-13-30(4-2)31-22-24-34(25-23-31)44(35-17-12-14-32(28-35)37-18-8-10-20-40(37)43)36-26-27-42-39(29-36)38-19-9-11-21-41(38)45(42)33-15-6-5-7-16-33/h3-29H,1-2H3/b13-3-,30-4+. The number of hydrogen-bond acceptors (Lipinski definition) is 1. The van der Waals surface area contributed by atoms with Crippen LogP contribution >= 0.6 is 15.9 Å². The van der Waals surface area contributed by atoms with Gasteiger partial charge >= 0.3 is 0 Å². The van der Waals surface area contributed by atoms with E-state index in [4.69, 9.17) is 0 Å². The molecular formula is C42H33BrN2. The van der Waals surface area contributed by atoms with E-state index in [1.807, 2.05) is 0 Å². The fraction of sp³-hybridized carbons (Fsp3) is 0.0476. The molecule has 0 N–H and O–H groups in total. The number of para-hydroxylation sites is 2. The Balaban J connectivity index is 1.43. The Morgan fingerprint density at radius 3 is 2.07 bits per heavy atom. The summed E-state index contributed by atoms with van der Waals surface area (Å²) in [6.07, 6.45) is 6.40. The normalized spacial score (nSPS) is 11.9. The summed E-state index contributed by atoms with van der Waals surface area (Å²) in [5, 5.41) is 2.46. The number of hydrogen-bond donors (Lipinski definition) is 0. The Kier molecular flexibility index (Phi) is 7.94. The lowest BCUT2D eigenvalue weighted by Gasteiger charge is -2.26. The number of fused-ring (bicyclic) bond motifs is 3. The highest BCUT2D eigenvalue weighted by molar-refractivity contribution is 9.10. The third kappa shape index (κ3) is 5.41. The highest BCUT2D eigenvalue weighted by Gasteiger charge is 2.18. The minimum absolute atomic E-state index is 1.08. The highest BCUT2D eigenvalue weighted by Crippen LogP contribution is 2.41. The third-order valence-electron chi connectivity index (χ3n) is 8.33. The van der Waals surface area contributed by atoms with Gasteiger partial charge in [0.25, 0.3) is 0 Å². The SMILES string of the molecule is C/C=C\C(=C/C)c1ccc(N(c2cccc(-c3ccccc3Br)c2)c2ccc3c(c2)c2ccccc2n3-c2ccccc2)cc1. The molecule has 7 rings (SSSR count). The molecule has 0 aliphatic rings. The molecular weight excluding hydrogens is 612 g/mol. The molecule has 6 aromatic carbocycles. The lowest BCUT2D eigenvalue weighted by Crippen LogP contribution is -2.10. The first-order valence-electron chi connectivity index (χ1n) is 15.3. The summed E-state index contributed by atoms with van der Waals surface area (Å²) in [7, 11) is 0. The Hall–Kier alpha value is -5.12. The number of aromatic nitrogens is 1. The van der Waals surface area contributed by atoms with E-state index in [0.29, 0.717) is 0 Å². The van der Waals surface area contributed by atoms with Crippen LogP contribution in [0.4, 0.5) is 17.1 Å². The molecule has 0 bridgehead atoms. The lowest BCUT2D eigenvalue weighted by molar-refractivity contribution is 1.18. The number of rotatable bonds is 7. The van der Waals surface area contributed by atoms with Crippen molar-refractivity contribution in [3.63, 3.8) is 0 Å². The lowest BCUT2D eigenvalue weighted by atomic mass is 10.0. The smallest absolute Gasteiger partial charge is 0.0542 e. The summed E-state index contributed by atoms with van der Waals surface area (Å²) < 4.78 is 3.44. The zero-order valence-corrected chi connectivity index (χ0v) is 26.9. The van der Waals surface area contributed by atoms with Gasteiger partial charge in [-0.2, -0.15) is 0 Å². The molecule has 0 unspecified atom stereocenters. The fourth-order valence-electron chi connectivity index (χ4n) is 6.25. The second kappa shape index (κ2) is 12.5. The molecule has 45 heavy (non-hydrogen) atoms. The van der Waals surface area contributed by atoms with E-state index in [-0.39, 0.29) is 0 Å². The van der Waals surface area contributed by atoms with Crippen molar-refractivity contribution in [3.05, 3.63) is 174 Å². The quantitative estimate of drug-likeness (QED) is 0.157. The van der Waals surface area contributed by atoms with Crippen molar-refractivity contribution in [1.29, 1.82) is 0 Å². The van der Waals surface area contributed by atoms with Gasteiger partial charge in [-0.1, -0.05) is 113 Å². The molecule has 0 atom stereocenters. The van der Waals surface area contributed by atoms with Gasteiger partial charge in [-0.25, -0.2) is 0 Å². The van der Waals surface area contributed by atoms with Crippen molar-refractivity contribution in [2.24, 2.45) is 0 Å². The number of allylic oxidation sites excluding steroid dienone is 4. The van der Waals surface area contributed by atoms with Crippen molar-refractivity contribution < 1.29 is 0 Å². The first-order valence-corrected chi connectivity index (χ1v) is 16.1. The Morgan fingerprint density at radius 1 is 0.600 bits per heavy atom. The Bertz CT molecular complexity index is 2190. The van der Waals surface area contributed by atoms with Gasteiger partial charge in [-0.05, 0) is 103 Å². The van der Waals surface area contributed by atoms with Crippen molar-refractivity contribution in [1.82, 2.24) is 4.57 Å². The van der Waals surface area contributed by atoms with E-state index in [1.165, 1.54) is 38.5 Å². The second-order valence-corrected chi connectivity index (χ2v) is 11.9. The van der Waals surface area contributed by atoms with Crippen LogP contribution in [0.1, 0.15) is 19.4 Å². The Morgan fingerprint density at radius 2 is 1.29 bits per heavy atom. The molecule has 0 fully saturated rings. The monoisotopic (exact) mass is 644 g/mol. The van der Waals surface area contributed by atoms with Crippen LogP contribution in [-0.4, -0.2) is 4.57 Å². The minimum atomic E-state index is 1.08. The van der Waals surface area contributed by atoms with E-state index in [1.54, 1.807) is 0 Å². The topological polar surface area (TPSA) is 8.17 Å². The van der Waals surface area contributed by atoms with Crippen LogP contribution in [0, 0.1) is 0 Å². The number of halogens is 1. The average Bonchev–Trinajstić information content (AvgIpc) is 3.42. The largest absolute Gasteiger partial charge is 0.310 e. The van der Waals surface area contributed by atoms with Crippen molar-refractivity contribution in [3.8, 4) is 16.8 Å². The maximum Gasteiger partial charge on any atom is 0.0542 e. The van der Waals surface area contributed by atoms with Crippen LogP contribution in [0.5, 0.6) is 0 Å². The van der Waals surface area contributed by atoms with Crippen LogP contribution in [0.15, 0.2) is 168 Å². The van der Waals surface area contributed by atoms with Gasteiger partial charge < -0.3 is 9.47 Å². The van der Waals surface area contributed by atoms with Crippen LogP contribution in [0.3, 0.4) is 0 Å². The molecule has 0 saturated carbocycles. The van der Waals surface area contributed by atoms with Crippen molar-refractivity contribution in [2.75, 3.05) is 4.90 Å². The zero-order valence-electron chi connectivity index (χ0n) is 25.4.